The summed E-state index contributed by atoms with van der Waals surface area (Å²) in [6.45, 7) is 2.09. The van der Waals surface area contributed by atoms with Gasteiger partial charge in [0.25, 0.3) is 0 Å². The van der Waals surface area contributed by atoms with E-state index in [4.69, 9.17) is 0 Å². The van der Waals surface area contributed by atoms with Gasteiger partial charge in [-0.1, -0.05) is 0 Å². The minimum Gasteiger partial charge on any atom is -0.353 e. The number of rotatable bonds is 2. The molecule has 3 nitrogen and oxygen atoms in total. The van der Waals surface area contributed by atoms with Crippen LogP contribution in [-0.4, -0.2) is 37.0 Å². The summed E-state index contributed by atoms with van der Waals surface area (Å²) in [5.74, 6) is 0.536. The molecule has 1 saturated carbocycles. The molecule has 13 heavy (non-hydrogen) atoms. The number of piperidine rings is 1. The number of nitrogens with zero attached hydrogens (tertiary/aromatic N) is 1. The second-order valence-corrected chi connectivity index (χ2v) is 4.38. The molecule has 74 valence electrons. The molecule has 0 aromatic heterocycles. The maximum Gasteiger partial charge on any atom is 0.224 e. The van der Waals surface area contributed by atoms with Crippen LogP contribution in [-0.2, 0) is 4.79 Å². The van der Waals surface area contributed by atoms with Crippen LogP contribution in [0.15, 0.2) is 0 Å². The van der Waals surface area contributed by atoms with Crippen molar-refractivity contribution in [1.29, 1.82) is 0 Å². The Hall–Kier alpha value is -0.570. The van der Waals surface area contributed by atoms with E-state index in [-0.39, 0.29) is 11.8 Å². The predicted molar refractivity (Wildman–Crippen MR) is 51.4 cm³/mol. The van der Waals surface area contributed by atoms with Crippen LogP contribution in [0.25, 0.3) is 0 Å². The quantitative estimate of drug-likeness (QED) is 0.678. The lowest BCUT2D eigenvalue weighted by Crippen LogP contribution is -2.42. The van der Waals surface area contributed by atoms with Crippen LogP contribution in [0.1, 0.15) is 25.7 Å². The molecule has 2 aliphatic rings. The van der Waals surface area contributed by atoms with Crippen LogP contribution in [0.2, 0.25) is 0 Å². The molecule has 1 atom stereocenters. The minimum absolute atomic E-state index is 0.249. The molecule has 1 heterocycles. The van der Waals surface area contributed by atoms with E-state index in [0.29, 0.717) is 6.04 Å². The second-order valence-electron chi connectivity index (χ2n) is 4.38. The van der Waals surface area contributed by atoms with Crippen molar-refractivity contribution in [2.24, 2.45) is 5.92 Å². The zero-order chi connectivity index (χ0) is 9.26. The lowest BCUT2D eigenvalue weighted by Gasteiger charge is -2.28. The Morgan fingerprint density at radius 2 is 2.15 bits per heavy atom. The SMILES string of the molecule is CN1CCCC(C(=O)NC2CC2)C1. The van der Waals surface area contributed by atoms with Gasteiger partial charge in [-0.25, -0.2) is 0 Å². The molecule has 1 N–H and O–H groups in total. The molecule has 0 bridgehead atoms. The summed E-state index contributed by atoms with van der Waals surface area (Å²) < 4.78 is 0. The molecule has 2 fully saturated rings. The van der Waals surface area contributed by atoms with Crippen LogP contribution in [0.3, 0.4) is 0 Å². The summed E-state index contributed by atoms with van der Waals surface area (Å²) in [4.78, 5) is 13.9. The van der Waals surface area contributed by atoms with Gasteiger partial charge in [0.1, 0.15) is 0 Å². The predicted octanol–water partition coefficient (Wildman–Crippen LogP) is 0.607. The Morgan fingerprint density at radius 3 is 2.77 bits per heavy atom. The summed E-state index contributed by atoms with van der Waals surface area (Å²) in [6.07, 6.45) is 4.62. The third kappa shape index (κ3) is 2.44. The summed E-state index contributed by atoms with van der Waals surface area (Å²) in [7, 11) is 2.09. The van der Waals surface area contributed by atoms with Gasteiger partial charge in [-0.3, -0.25) is 4.79 Å². The lowest BCUT2D eigenvalue weighted by molar-refractivity contribution is -0.126. The Balaban J connectivity index is 1.80. The van der Waals surface area contributed by atoms with E-state index in [1.165, 1.54) is 19.3 Å². The molecule has 0 aromatic rings. The molecule has 0 aromatic carbocycles. The highest BCUT2D eigenvalue weighted by molar-refractivity contribution is 5.79. The molecule has 3 heteroatoms. The van der Waals surface area contributed by atoms with E-state index < -0.39 is 0 Å². The summed E-state index contributed by atoms with van der Waals surface area (Å²) in [6, 6.07) is 0.514. The van der Waals surface area contributed by atoms with Gasteiger partial charge < -0.3 is 10.2 Å². The molecule has 0 radical (unpaired) electrons. The van der Waals surface area contributed by atoms with Gasteiger partial charge in [0.15, 0.2) is 0 Å². The van der Waals surface area contributed by atoms with Crippen molar-refractivity contribution in [1.82, 2.24) is 10.2 Å². The number of likely N-dealkylation sites (tertiary alicyclic amines) is 1. The van der Waals surface area contributed by atoms with Gasteiger partial charge in [0.05, 0.1) is 5.92 Å². The average Bonchev–Trinajstić information content (AvgIpc) is 2.88. The number of hydrogen-bond donors (Lipinski definition) is 1. The first-order chi connectivity index (χ1) is 6.25. The van der Waals surface area contributed by atoms with E-state index in [1.54, 1.807) is 0 Å². The third-order valence-electron chi connectivity index (χ3n) is 2.92. The summed E-state index contributed by atoms with van der Waals surface area (Å²) in [5, 5.41) is 3.08. The molecule has 1 aliphatic carbocycles. The Bertz CT molecular complexity index is 201. The van der Waals surface area contributed by atoms with Gasteiger partial charge in [0, 0.05) is 12.6 Å². The highest BCUT2D eigenvalue weighted by Crippen LogP contribution is 2.21. The highest BCUT2D eigenvalue weighted by atomic mass is 16.2. The monoisotopic (exact) mass is 182 g/mol. The molecule has 1 unspecified atom stereocenters. The summed E-state index contributed by atoms with van der Waals surface area (Å²) in [5.41, 5.74) is 0. The van der Waals surface area contributed by atoms with Gasteiger partial charge in [0.2, 0.25) is 5.91 Å². The van der Waals surface area contributed by atoms with E-state index in [9.17, 15) is 4.79 Å². The Labute approximate surface area is 79.5 Å². The third-order valence-corrected chi connectivity index (χ3v) is 2.92. The van der Waals surface area contributed by atoms with Gasteiger partial charge in [-0.15, -0.1) is 0 Å². The van der Waals surface area contributed by atoms with Crippen molar-refractivity contribution in [3.63, 3.8) is 0 Å². The Morgan fingerprint density at radius 1 is 1.38 bits per heavy atom. The zero-order valence-electron chi connectivity index (χ0n) is 8.25. The first-order valence-corrected chi connectivity index (χ1v) is 5.24. The van der Waals surface area contributed by atoms with E-state index in [2.05, 4.69) is 17.3 Å². The highest BCUT2D eigenvalue weighted by Gasteiger charge is 2.29. The first kappa shape index (κ1) is 9.00. The van der Waals surface area contributed by atoms with Crippen LogP contribution in [0.4, 0.5) is 0 Å². The molecule has 0 spiro atoms. The maximum absolute atomic E-state index is 11.7. The lowest BCUT2D eigenvalue weighted by atomic mass is 9.98. The standard InChI is InChI=1S/C10H18N2O/c1-12-6-2-3-8(7-12)10(13)11-9-4-5-9/h8-9H,2-7H2,1H3,(H,11,13). The molecule has 1 aliphatic heterocycles. The fourth-order valence-electron chi connectivity index (χ4n) is 1.93. The van der Waals surface area contributed by atoms with Crippen molar-refractivity contribution >= 4 is 5.91 Å². The second kappa shape index (κ2) is 3.66. The first-order valence-electron chi connectivity index (χ1n) is 5.24. The van der Waals surface area contributed by atoms with Gasteiger partial charge in [-0.2, -0.15) is 0 Å². The molecule has 1 saturated heterocycles. The topological polar surface area (TPSA) is 32.3 Å². The van der Waals surface area contributed by atoms with Crippen LogP contribution >= 0.6 is 0 Å². The van der Waals surface area contributed by atoms with E-state index in [1.807, 2.05) is 0 Å². The molecular weight excluding hydrogens is 164 g/mol. The van der Waals surface area contributed by atoms with Crippen molar-refractivity contribution < 1.29 is 4.79 Å². The molecule has 2 rings (SSSR count). The number of amides is 1. The van der Waals surface area contributed by atoms with E-state index >= 15 is 0 Å². The fourth-order valence-corrected chi connectivity index (χ4v) is 1.93. The fraction of sp³-hybridized carbons (Fsp3) is 0.900. The maximum atomic E-state index is 11.7. The zero-order valence-corrected chi connectivity index (χ0v) is 8.25. The number of carbonyl (C=O) groups is 1. The smallest absolute Gasteiger partial charge is 0.224 e. The Kier molecular flexibility index (Phi) is 2.54. The van der Waals surface area contributed by atoms with Crippen LogP contribution in [0, 0.1) is 5.92 Å². The minimum atomic E-state index is 0.249. The largest absolute Gasteiger partial charge is 0.353 e. The number of carbonyl (C=O) groups excluding carboxylic acids is 1. The normalized spacial score (nSPS) is 30.1. The molecule has 1 amide bonds. The summed E-state index contributed by atoms with van der Waals surface area (Å²) >= 11 is 0. The van der Waals surface area contributed by atoms with Crippen molar-refractivity contribution in [2.75, 3.05) is 20.1 Å². The van der Waals surface area contributed by atoms with Crippen LogP contribution < -0.4 is 5.32 Å². The van der Waals surface area contributed by atoms with Crippen molar-refractivity contribution in [2.45, 2.75) is 31.7 Å². The van der Waals surface area contributed by atoms with Crippen LogP contribution in [0.5, 0.6) is 0 Å². The molecular formula is C10H18N2O. The van der Waals surface area contributed by atoms with Crippen molar-refractivity contribution in [3.8, 4) is 0 Å². The van der Waals surface area contributed by atoms with Gasteiger partial charge >= 0.3 is 0 Å². The van der Waals surface area contributed by atoms with Gasteiger partial charge in [-0.05, 0) is 39.3 Å². The average molecular weight is 182 g/mol. The van der Waals surface area contributed by atoms with Crippen molar-refractivity contribution in [3.05, 3.63) is 0 Å². The number of hydrogen-bond acceptors (Lipinski definition) is 2. The van der Waals surface area contributed by atoms with E-state index in [0.717, 1.165) is 19.5 Å². The number of nitrogens with one attached hydrogen (secondary N) is 1.